The molecule has 2 aliphatic heterocycles. The molecule has 0 atom stereocenters. The maximum absolute atomic E-state index is 13.8. The van der Waals surface area contributed by atoms with Gasteiger partial charge in [-0.05, 0) is 42.0 Å². The Morgan fingerprint density at radius 1 is 1.00 bits per heavy atom. The summed E-state index contributed by atoms with van der Waals surface area (Å²) in [5.41, 5.74) is 0.706. The third kappa shape index (κ3) is 4.36. The van der Waals surface area contributed by atoms with Crippen molar-refractivity contribution in [3.05, 3.63) is 53.3 Å². The molecule has 1 fully saturated rings. The van der Waals surface area contributed by atoms with Crippen molar-refractivity contribution in [3.8, 4) is 0 Å². The Kier molecular flexibility index (Phi) is 5.49. The summed E-state index contributed by atoms with van der Waals surface area (Å²) >= 11 is 0. The van der Waals surface area contributed by atoms with Gasteiger partial charge >= 0.3 is 18.0 Å². The van der Waals surface area contributed by atoms with Gasteiger partial charge in [0.15, 0.2) is 0 Å². The number of rotatable bonds is 2. The van der Waals surface area contributed by atoms with E-state index in [1.165, 1.54) is 11.0 Å². The Morgan fingerprint density at radius 2 is 1.72 bits per heavy atom. The van der Waals surface area contributed by atoms with Gasteiger partial charge in [-0.15, -0.1) is 0 Å². The number of amides is 3. The van der Waals surface area contributed by atoms with Crippen molar-refractivity contribution in [2.75, 3.05) is 41.7 Å². The second-order valence-electron chi connectivity index (χ2n) is 7.49. The highest BCUT2D eigenvalue weighted by Crippen LogP contribution is 2.33. The smallest absolute Gasteiger partial charge is 0.368 e. The molecule has 2 aliphatic rings. The van der Waals surface area contributed by atoms with Crippen LogP contribution in [0.2, 0.25) is 0 Å². The minimum absolute atomic E-state index is 0.148. The number of nitrogens with zero attached hydrogens (tertiary/aromatic N) is 2. The standard InChI is InChI=1S/C21H18F4N4O3/c22-16-11-14(2-3-15(16)21(23,24)25)28-5-7-29(8-6-28)20(32)19(31)26-13-1-4-17-12(9-13)10-18(30)27-17/h1-4,9,11H,5-8,10H2,(H,26,31)(H,27,30). The number of hydrogen-bond donors (Lipinski definition) is 2. The van der Waals surface area contributed by atoms with E-state index in [9.17, 15) is 31.9 Å². The molecule has 0 aromatic heterocycles. The average molecular weight is 450 g/mol. The number of benzene rings is 2. The zero-order valence-corrected chi connectivity index (χ0v) is 16.6. The highest BCUT2D eigenvalue weighted by Gasteiger charge is 2.34. The lowest BCUT2D eigenvalue weighted by atomic mass is 10.1. The normalized spacial score (nSPS) is 15.9. The Bertz CT molecular complexity index is 1090. The fraction of sp³-hybridized carbons (Fsp3) is 0.286. The van der Waals surface area contributed by atoms with E-state index in [1.807, 2.05) is 0 Å². The zero-order valence-electron chi connectivity index (χ0n) is 16.6. The lowest BCUT2D eigenvalue weighted by Gasteiger charge is -2.35. The first-order valence-corrected chi connectivity index (χ1v) is 9.76. The van der Waals surface area contributed by atoms with E-state index in [0.717, 1.165) is 11.6 Å². The molecule has 32 heavy (non-hydrogen) atoms. The Balaban J connectivity index is 1.34. The summed E-state index contributed by atoms with van der Waals surface area (Å²) in [6.07, 6.45) is -4.58. The molecule has 2 heterocycles. The van der Waals surface area contributed by atoms with Gasteiger partial charge in [-0.3, -0.25) is 14.4 Å². The summed E-state index contributed by atoms with van der Waals surface area (Å²) in [6, 6.07) is 7.53. The van der Waals surface area contributed by atoms with Crippen LogP contribution in [0.1, 0.15) is 11.1 Å². The van der Waals surface area contributed by atoms with Gasteiger partial charge in [-0.25, -0.2) is 4.39 Å². The molecule has 1 saturated heterocycles. The fourth-order valence-corrected chi connectivity index (χ4v) is 3.73. The highest BCUT2D eigenvalue weighted by molar-refractivity contribution is 6.39. The number of alkyl halides is 3. The zero-order chi connectivity index (χ0) is 23.0. The van der Waals surface area contributed by atoms with E-state index in [-0.39, 0.29) is 44.2 Å². The minimum atomic E-state index is -4.77. The van der Waals surface area contributed by atoms with Crippen molar-refractivity contribution >= 4 is 34.8 Å². The van der Waals surface area contributed by atoms with Crippen LogP contribution in [0.3, 0.4) is 0 Å². The third-order valence-electron chi connectivity index (χ3n) is 5.37. The first-order valence-electron chi connectivity index (χ1n) is 9.76. The number of hydrogen-bond acceptors (Lipinski definition) is 4. The van der Waals surface area contributed by atoms with Crippen molar-refractivity contribution in [3.63, 3.8) is 0 Å². The number of piperazine rings is 1. The van der Waals surface area contributed by atoms with Crippen molar-refractivity contribution in [2.24, 2.45) is 0 Å². The Labute approximate surface area is 180 Å². The average Bonchev–Trinajstić information content (AvgIpc) is 3.11. The Morgan fingerprint density at radius 3 is 2.38 bits per heavy atom. The number of anilines is 3. The maximum atomic E-state index is 13.8. The molecular formula is C21H18F4N4O3. The van der Waals surface area contributed by atoms with Crippen LogP contribution in [-0.2, 0) is 27.0 Å². The molecular weight excluding hydrogens is 432 g/mol. The summed E-state index contributed by atoms with van der Waals surface area (Å²) in [7, 11) is 0. The van der Waals surface area contributed by atoms with Gasteiger partial charge in [0.1, 0.15) is 5.82 Å². The third-order valence-corrected chi connectivity index (χ3v) is 5.37. The molecule has 0 spiro atoms. The van der Waals surface area contributed by atoms with Crippen molar-refractivity contribution in [2.45, 2.75) is 12.6 Å². The minimum Gasteiger partial charge on any atom is -0.368 e. The van der Waals surface area contributed by atoms with Crippen LogP contribution < -0.4 is 15.5 Å². The molecule has 0 aliphatic carbocycles. The van der Waals surface area contributed by atoms with Gasteiger partial charge in [0, 0.05) is 43.2 Å². The fourth-order valence-electron chi connectivity index (χ4n) is 3.73. The van der Waals surface area contributed by atoms with E-state index in [0.29, 0.717) is 17.4 Å². The topological polar surface area (TPSA) is 81.8 Å². The molecule has 11 heteroatoms. The number of halogens is 4. The predicted octanol–water partition coefficient (Wildman–Crippen LogP) is 2.63. The SMILES string of the molecule is O=C1Cc2cc(NC(=O)C(=O)N3CCN(c4ccc(C(F)(F)F)c(F)c4)CC3)ccc2N1. The van der Waals surface area contributed by atoms with E-state index in [4.69, 9.17) is 0 Å². The van der Waals surface area contributed by atoms with Gasteiger partial charge in [-0.2, -0.15) is 13.2 Å². The van der Waals surface area contributed by atoms with E-state index < -0.39 is 29.4 Å². The van der Waals surface area contributed by atoms with Crippen LogP contribution in [0.4, 0.5) is 34.6 Å². The first kappa shape index (κ1) is 21.6. The summed E-state index contributed by atoms with van der Waals surface area (Å²) in [4.78, 5) is 39.2. The van der Waals surface area contributed by atoms with Crippen LogP contribution >= 0.6 is 0 Å². The second-order valence-corrected chi connectivity index (χ2v) is 7.49. The predicted molar refractivity (Wildman–Crippen MR) is 108 cm³/mol. The largest absolute Gasteiger partial charge is 0.419 e. The maximum Gasteiger partial charge on any atom is 0.419 e. The lowest BCUT2D eigenvalue weighted by Crippen LogP contribution is -2.51. The molecule has 0 radical (unpaired) electrons. The number of carbonyl (C=O) groups is 3. The molecule has 168 valence electrons. The molecule has 3 amide bonds. The second kappa shape index (κ2) is 8.13. The summed E-state index contributed by atoms with van der Waals surface area (Å²) in [5.74, 6) is -3.10. The van der Waals surface area contributed by atoms with Gasteiger partial charge in [0.25, 0.3) is 0 Å². The van der Waals surface area contributed by atoms with Crippen LogP contribution in [0.25, 0.3) is 0 Å². The number of nitrogens with one attached hydrogen (secondary N) is 2. The van der Waals surface area contributed by atoms with Gasteiger partial charge in [-0.1, -0.05) is 0 Å². The van der Waals surface area contributed by atoms with Crippen LogP contribution in [-0.4, -0.2) is 48.8 Å². The quantitative estimate of drug-likeness (QED) is 0.545. The van der Waals surface area contributed by atoms with Crippen LogP contribution in [0, 0.1) is 5.82 Å². The summed E-state index contributed by atoms with van der Waals surface area (Å²) in [6.45, 7) is 0.766. The molecule has 2 aromatic carbocycles. The van der Waals surface area contributed by atoms with Crippen molar-refractivity contribution in [1.82, 2.24) is 4.90 Å². The van der Waals surface area contributed by atoms with E-state index >= 15 is 0 Å². The highest BCUT2D eigenvalue weighted by atomic mass is 19.4. The van der Waals surface area contributed by atoms with Gasteiger partial charge in [0.2, 0.25) is 5.91 Å². The Hall–Kier alpha value is -3.63. The van der Waals surface area contributed by atoms with Crippen molar-refractivity contribution < 1.29 is 31.9 Å². The summed E-state index contributed by atoms with van der Waals surface area (Å²) in [5, 5.41) is 5.19. The van der Waals surface area contributed by atoms with Gasteiger partial charge < -0.3 is 20.4 Å². The summed E-state index contributed by atoms with van der Waals surface area (Å²) < 4.78 is 52.0. The first-order chi connectivity index (χ1) is 15.1. The molecule has 0 saturated carbocycles. The molecule has 2 N–H and O–H groups in total. The number of fused-ring (bicyclic) bond motifs is 1. The van der Waals surface area contributed by atoms with Crippen molar-refractivity contribution in [1.29, 1.82) is 0 Å². The molecule has 0 bridgehead atoms. The molecule has 7 nitrogen and oxygen atoms in total. The van der Waals surface area contributed by atoms with Gasteiger partial charge in [0.05, 0.1) is 12.0 Å². The number of carbonyl (C=O) groups excluding carboxylic acids is 3. The van der Waals surface area contributed by atoms with E-state index in [1.54, 1.807) is 23.1 Å². The monoisotopic (exact) mass is 450 g/mol. The molecule has 2 aromatic rings. The van der Waals surface area contributed by atoms with Crippen LogP contribution in [0.15, 0.2) is 36.4 Å². The molecule has 0 unspecified atom stereocenters. The lowest BCUT2D eigenvalue weighted by molar-refractivity contribution is -0.143. The van der Waals surface area contributed by atoms with Crippen LogP contribution in [0.5, 0.6) is 0 Å². The van der Waals surface area contributed by atoms with E-state index in [2.05, 4.69) is 10.6 Å². The molecule has 4 rings (SSSR count).